The minimum atomic E-state index is -0.410. The Balaban J connectivity index is 1.79. The number of para-hydroxylation sites is 1. The smallest absolute Gasteiger partial charge is 0.315 e. The van der Waals surface area contributed by atoms with Gasteiger partial charge in [0.25, 0.3) is 0 Å². The van der Waals surface area contributed by atoms with E-state index in [4.69, 9.17) is 10.5 Å². The van der Waals surface area contributed by atoms with E-state index in [-0.39, 0.29) is 17.5 Å². The molecule has 0 aromatic heterocycles. The van der Waals surface area contributed by atoms with Gasteiger partial charge in [0.05, 0.1) is 17.6 Å². The standard InChI is InChI=1S/C17H19N3O3/c18-15-7-4-8-16(17(15)20(21)22)19-9-10-23-14(12-19)11-13-5-2-1-3-6-13/h1-8,14H,9-12,18H2/t14-/m0/s1. The van der Waals surface area contributed by atoms with Gasteiger partial charge in [-0.25, -0.2) is 0 Å². The molecular weight excluding hydrogens is 294 g/mol. The van der Waals surface area contributed by atoms with Crippen LogP contribution in [-0.4, -0.2) is 30.7 Å². The quantitative estimate of drug-likeness (QED) is 0.533. The second-order valence-corrected chi connectivity index (χ2v) is 5.60. The molecule has 120 valence electrons. The van der Waals surface area contributed by atoms with Crippen LogP contribution in [0.4, 0.5) is 17.1 Å². The molecule has 0 aliphatic carbocycles. The molecule has 0 amide bonds. The first-order valence-electron chi connectivity index (χ1n) is 7.58. The fourth-order valence-electron chi connectivity index (χ4n) is 2.94. The lowest BCUT2D eigenvalue weighted by atomic mass is 10.1. The maximum Gasteiger partial charge on any atom is 0.315 e. The number of nitro groups is 1. The summed E-state index contributed by atoms with van der Waals surface area (Å²) in [6.07, 6.45) is 0.792. The van der Waals surface area contributed by atoms with Gasteiger partial charge in [0.15, 0.2) is 0 Å². The van der Waals surface area contributed by atoms with Crippen molar-refractivity contribution in [2.45, 2.75) is 12.5 Å². The van der Waals surface area contributed by atoms with Crippen molar-refractivity contribution in [2.75, 3.05) is 30.3 Å². The first-order valence-corrected chi connectivity index (χ1v) is 7.58. The van der Waals surface area contributed by atoms with E-state index in [2.05, 4.69) is 12.1 Å². The second kappa shape index (κ2) is 6.66. The Labute approximate surface area is 134 Å². The summed E-state index contributed by atoms with van der Waals surface area (Å²) in [5.41, 5.74) is 7.72. The lowest BCUT2D eigenvalue weighted by molar-refractivity contribution is -0.383. The largest absolute Gasteiger partial charge is 0.393 e. The first-order chi connectivity index (χ1) is 11.1. The van der Waals surface area contributed by atoms with Crippen LogP contribution in [0.15, 0.2) is 48.5 Å². The molecule has 2 aromatic carbocycles. The molecule has 6 heteroatoms. The molecule has 0 spiro atoms. The molecule has 1 aliphatic heterocycles. The van der Waals surface area contributed by atoms with Crippen LogP contribution in [0.2, 0.25) is 0 Å². The SMILES string of the molecule is Nc1cccc(N2CCO[C@@H](Cc3ccccc3)C2)c1[N+](=O)[O-]. The van der Waals surface area contributed by atoms with Crippen LogP contribution in [-0.2, 0) is 11.2 Å². The predicted molar refractivity (Wildman–Crippen MR) is 89.6 cm³/mol. The fourth-order valence-corrected chi connectivity index (χ4v) is 2.94. The van der Waals surface area contributed by atoms with Gasteiger partial charge < -0.3 is 15.4 Å². The number of ether oxygens (including phenoxy) is 1. The van der Waals surface area contributed by atoms with Crippen molar-refractivity contribution in [1.82, 2.24) is 0 Å². The lowest BCUT2D eigenvalue weighted by Gasteiger charge is -2.34. The van der Waals surface area contributed by atoms with Crippen molar-refractivity contribution in [3.05, 3.63) is 64.2 Å². The molecule has 1 fully saturated rings. The zero-order valence-corrected chi connectivity index (χ0v) is 12.7. The third-order valence-corrected chi connectivity index (χ3v) is 4.01. The molecule has 0 radical (unpaired) electrons. The summed E-state index contributed by atoms with van der Waals surface area (Å²) in [6.45, 7) is 1.78. The molecule has 0 bridgehead atoms. The average Bonchev–Trinajstić information content (AvgIpc) is 2.55. The van der Waals surface area contributed by atoms with E-state index >= 15 is 0 Å². The number of anilines is 2. The molecule has 2 aromatic rings. The van der Waals surface area contributed by atoms with E-state index in [1.807, 2.05) is 23.1 Å². The summed E-state index contributed by atoms with van der Waals surface area (Å²) in [4.78, 5) is 12.9. The Kier molecular flexibility index (Phi) is 4.43. The van der Waals surface area contributed by atoms with Crippen molar-refractivity contribution in [3.63, 3.8) is 0 Å². The Morgan fingerprint density at radius 2 is 2.00 bits per heavy atom. The molecule has 2 N–H and O–H groups in total. The maximum atomic E-state index is 11.3. The summed E-state index contributed by atoms with van der Waals surface area (Å²) in [7, 11) is 0. The Morgan fingerprint density at radius 1 is 1.22 bits per heavy atom. The van der Waals surface area contributed by atoms with Crippen molar-refractivity contribution >= 4 is 17.1 Å². The van der Waals surface area contributed by atoms with E-state index < -0.39 is 4.92 Å². The monoisotopic (exact) mass is 313 g/mol. The number of hydrogen-bond acceptors (Lipinski definition) is 5. The van der Waals surface area contributed by atoms with Gasteiger partial charge in [-0.1, -0.05) is 36.4 Å². The number of nitrogens with zero attached hydrogens (tertiary/aromatic N) is 2. The highest BCUT2D eigenvalue weighted by Gasteiger charge is 2.27. The van der Waals surface area contributed by atoms with E-state index in [1.54, 1.807) is 18.2 Å². The van der Waals surface area contributed by atoms with Gasteiger partial charge in [-0.05, 0) is 17.7 Å². The topological polar surface area (TPSA) is 81.6 Å². The van der Waals surface area contributed by atoms with Crippen LogP contribution in [0.25, 0.3) is 0 Å². The number of rotatable bonds is 4. The van der Waals surface area contributed by atoms with Gasteiger partial charge in [0, 0.05) is 19.5 Å². The van der Waals surface area contributed by atoms with Crippen LogP contribution in [0, 0.1) is 10.1 Å². The maximum absolute atomic E-state index is 11.3. The molecule has 1 aliphatic rings. The summed E-state index contributed by atoms with van der Waals surface area (Å²) in [6, 6.07) is 15.2. The molecule has 6 nitrogen and oxygen atoms in total. The van der Waals surface area contributed by atoms with Gasteiger partial charge in [-0.15, -0.1) is 0 Å². The molecule has 3 rings (SSSR count). The third-order valence-electron chi connectivity index (χ3n) is 4.01. The summed E-state index contributed by atoms with van der Waals surface area (Å²) in [5.74, 6) is 0. The molecule has 0 saturated carbocycles. The van der Waals surface area contributed by atoms with Crippen LogP contribution in [0.3, 0.4) is 0 Å². The van der Waals surface area contributed by atoms with Crippen molar-refractivity contribution in [3.8, 4) is 0 Å². The molecule has 23 heavy (non-hydrogen) atoms. The van der Waals surface area contributed by atoms with Crippen LogP contribution in [0.5, 0.6) is 0 Å². The number of morpholine rings is 1. The number of benzene rings is 2. The van der Waals surface area contributed by atoms with Gasteiger partial charge in [0.1, 0.15) is 11.4 Å². The molecule has 1 heterocycles. The van der Waals surface area contributed by atoms with Crippen molar-refractivity contribution < 1.29 is 9.66 Å². The lowest BCUT2D eigenvalue weighted by Crippen LogP contribution is -2.43. The van der Waals surface area contributed by atoms with Gasteiger partial charge in [-0.3, -0.25) is 10.1 Å². The minimum Gasteiger partial charge on any atom is -0.393 e. The van der Waals surface area contributed by atoms with E-state index in [0.717, 1.165) is 6.42 Å². The first kappa shape index (κ1) is 15.3. The van der Waals surface area contributed by atoms with E-state index in [1.165, 1.54) is 5.56 Å². The number of nitro benzene ring substituents is 1. The van der Waals surface area contributed by atoms with E-state index in [9.17, 15) is 10.1 Å². The second-order valence-electron chi connectivity index (χ2n) is 5.60. The normalized spacial score (nSPS) is 17.9. The highest BCUT2D eigenvalue weighted by Crippen LogP contribution is 2.34. The zero-order valence-electron chi connectivity index (χ0n) is 12.7. The zero-order chi connectivity index (χ0) is 16.2. The van der Waals surface area contributed by atoms with Crippen molar-refractivity contribution in [2.24, 2.45) is 0 Å². The summed E-state index contributed by atoms with van der Waals surface area (Å²) < 4.78 is 5.82. The number of hydrogen-bond donors (Lipinski definition) is 1. The summed E-state index contributed by atoms with van der Waals surface area (Å²) in [5, 5.41) is 11.3. The highest BCUT2D eigenvalue weighted by molar-refractivity contribution is 5.75. The van der Waals surface area contributed by atoms with Gasteiger partial charge in [-0.2, -0.15) is 0 Å². The molecule has 1 saturated heterocycles. The number of nitrogens with two attached hydrogens (primary N) is 1. The minimum absolute atomic E-state index is 0.00665. The Morgan fingerprint density at radius 3 is 2.74 bits per heavy atom. The van der Waals surface area contributed by atoms with E-state index in [0.29, 0.717) is 25.4 Å². The van der Waals surface area contributed by atoms with Crippen LogP contribution in [0.1, 0.15) is 5.56 Å². The number of nitrogen functional groups attached to an aromatic ring is 1. The molecule has 0 unspecified atom stereocenters. The van der Waals surface area contributed by atoms with Crippen molar-refractivity contribution in [1.29, 1.82) is 0 Å². The Bertz CT molecular complexity index is 691. The van der Waals surface area contributed by atoms with Gasteiger partial charge >= 0.3 is 5.69 Å². The molecule has 1 atom stereocenters. The molecular formula is C17H19N3O3. The fraction of sp³-hybridized carbons (Fsp3) is 0.294. The predicted octanol–water partition coefficient (Wildman–Crippen LogP) is 2.62. The van der Waals surface area contributed by atoms with Gasteiger partial charge in [0.2, 0.25) is 0 Å². The van der Waals surface area contributed by atoms with Crippen LogP contribution < -0.4 is 10.6 Å². The highest BCUT2D eigenvalue weighted by atomic mass is 16.6. The average molecular weight is 313 g/mol. The van der Waals surface area contributed by atoms with Crippen LogP contribution >= 0.6 is 0 Å². The third kappa shape index (κ3) is 3.43. The Hall–Kier alpha value is -2.60. The summed E-state index contributed by atoms with van der Waals surface area (Å²) >= 11 is 0.